The number of carbonyl (C=O) groups is 2. The summed E-state index contributed by atoms with van der Waals surface area (Å²) in [5, 5.41) is -4.35. The third-order valence-electron chi connectivity index (χ3n) is 5.74. The van der Waals surface area contributed by atoms with Gasteiger partial charge in [-0.25, -0.2) is 13.2 Å². The molecule has 11 heteroatoms. The van der Waals surface area contributed by atoms with Crippen LogP contribution in [0.3, 0.4) is 0 Å². The van der Waals surface area contributed by atoms with Crippen molar-refractivity contribution in [3.8, 4) is 0 Å². The lowest BCUT2D eigenvalue weighted by atomic mass is 9.80. The largest absolute Gasteiger partial charge is 0.743 e. The Kier molecular flexibility index (Phi) is 5.79. The van der Waals surface area contributed by atoms with E-state index in [1.54, 1.807) is 0 Å². The highest BCUT2D eigenvalue weighted by atomic mass is 32.2. The molecule has 0 amide bonds. The summed E-state index contributed by atoms with van der Waals surface area (Å²) >= 11 is 0. The number of ether oxygens (including phenoxy) is 3. The number of carbonyl (C=O) groups excluding carboxylic acids is 2. The van der Waals surface area contributed by atoms with Gasteiger partial charge in [-0.1, -0.05) is 6.58 Å². The third kappa shape index (κ3) is 4.06. The van der Waals surface area contributed by atoms with Crippen molar-refractivity contribution in [3.05, 3.63) is 12.2 Å². The van der Waals surface area contributed by atoms with E-state index in [9.17, 15) is 31.3 Å². The SMILES string of the molecule is C=C(COCCCC(F)(F)S(=O)(=O)[O-])C(=O)OC1CC2CC1C1COC(=O)C21. The Morgan fingerprint density at radius 1 is 1.32 bits per heavy atom. The van der Waals surface area contributed by atoms with Crippen molar-refractivity contribution >= 4 is 22.1 Å². The van der Waals surface area contributed by atoms with Crippen LogP contribution in [0.1, 0.15) is 25.7 Å². The summed E-state index contributed by atoms with van der Waals surface area (Å²) in [4.78, 5) is 23.9. The molecular formula is C17H21F2O8S-. The second-order valence-corrected chi connectivity index (χ2v) is 9.02. The van der Waals surface area contributed by atoms with Gasteiger partial charge in [0, 0.05) is 24.9 Å². The Bertz CT molecular complexity index is 765. The summed E-state index contributed by atoms with van der Waals surface area (Å²) < 4.78 is 72.7. The predicted molar refractivity (Wildman–Crippen MR) is 87.9 cm³/mol. The van der Waals surface area contributed by atoms with Gasteiger partial charge in [0.1, 0.15) is 6.10 Å². The van der Waals surface area contributed by atoms with Gasteiger partial charge in [0.2, 0.25) is 0 Å². The van der Waals surface area contributed by atoms with E-state index in [0.717, 1.165) is 6.42 Å². The van der Waals surface area contributed by atoms with E-state index >= 15 is 0 Å². The molecule has 1 saturated heterocycles. The standard InChI is InChI=1S/C17H22F2O8S/c1-9(7-25-4-2-3-17(18,19)28(22,23)24)15(20)27-13-6-10-5-11(13)12-8-26-16(21)14(10)12/h10-14H,1-8H2,(H,22,23,24)/p-1. The monoisotopic (exact) mass is 423 g/mol. The molecule has 8 nitrogen and oxygen atoms in total. The zero-order chi connectivity index (χ0) is 20.7. The van der Waals surface area contributed by atoms with Crippen molar-refractivity contribution in [2.45, 2.75) is 37.0 Å². The van der Waals surface area contributed by atoms with Crippen LogP contribution in [-0.2, 0) is 33.9 Å². The number of hydrogen-bond donors (Lipinski definition) is 0. The van der Waals surface area contributed by atoms with Crippen LogP contribution in [0.4, 0.5) is 8.78 Å². The molecule has 1 heterocycles. The Labute approximate surface area is 160 Å². The molecule has 5 atom stereocenters. The molecule has 3 rings (SSSR count). The number of alkyl halides is 2. The molecule has 28 heavy (non-hydrogen) atoms. The van der Waals surface area contributed by atoms with Gasteiger partial charge in [0.25, 0.3) is 0 Å². The van der Waals surface area contributed by atoms with Crippen LogP contribution in [0.5, 0.6) is 0 Å². The maximum atomic E-state index is 13.0. The fourth-order valence-corrected chi connectivity index (χ4v) is 4.81. The van der Waals surface area contributed by atoms with Crippen LogP contribution in [0.15, 0.2) is 12.2 Å². The molecule has 0 aromatic rings. The van der Waals surface area contributed by atoms with Gasteiger partial charge in [-0.15, -0.1) is 0 Å². The molecule has 3 fully saturated rings. The van der Waals surface area contributed by atoms with Crippen molar-refractivity contribution in [1.29, 1.82) is 0 Å². The minimum Gasteiger partial charge on any atom is -0.743 e. The first-order chi connectivity index (χ1) is 13.0. The highest BCUT2D eigenvalue weighted by Crippen LogP contribution is 2.56. The number of hydrogen-bond acceptors (Lipinski definition) is 8. The van der Waals surface area contributed by atoms with Gasteiger partial charge in [0.05, 0.1) is 24.7 Å². The van der Waals surface area contributed by atoms with Crippen molar-refractivity contribution < 1.29 is 45.6 Å². The molecule has 3 aliphatic rings. The van der Waals surface area contributed by atoms with Crippen molar-refractivity contribution in [2.24, 2.45) is 23.7 Å². The van der Waals surface area contributed by atoms with E-state index in [-0.39, 0.29) is 61.0 Å². The Hall–Kier alpha value is -1.59. The van der Waals surface area contributed by atoms with Crippen LogP contribution >= 0.6 is 0 Å². The number of rotatable bonds is 9. The fraction of sp³-hybridized carbons (Fsp3) is 0.765. The van der Waals surface area contributed by atoms with E-state index in [1.165, 1.54) is 0 Å². The summed E-state index contributed by atoms with van der Waals surface area (Å²) in [6.45, 7) is 3.37. The van der Waals surface area contributed by atoms with Crippen LogP contribution in [-0.4, -0.2) is 56.1 Å². The minimum absolute atomic E-state index is 0.00118. The second-order valence-electron chi connectivity index (χ2n) is 7.51. The molecule has 2 aliphatic carbocycles. The van der Waals surface area contributed by atoms with Gasteiger partial charge in [-0.2, -0.15) is 8.78 Å². The van der Waals surface area contributed by atoms with Gasteiger partial charge < -0.3 is 18.8 Å². The lowest BCUT2D eigenvalue weighted by Crippen LogP contribution is -2.35. The molecule has 158 valence electrons. The number of esters is 2. The van der Waals surface area contributed by atoms with Crippen LogP contribution < -0.4 is 0 Å². The van der Waals surface area contributed by atoms with E-state index < -0.39 is 27.8 Å². The number of cyclic esters (lactones) is 1. The first kappa shape index (κ1) is 21.1. The molecule has 0 N–H and O–H groups in total. The number of fused-ring (bicyclic) bond motifs is 5. The van der Waals surface area contributed by atoms with E-state index in [1.807, 2.05) is 0 Å². The Morgan fingerprint density at radius 2 is 2.04 bits per heavy atom. The minimum atomic E-state index is -5.71. The van der Waals surface area contributed by atoms with Gasteiger partial charge in [0.15, 0.2) is 10.1 Å². The lowest BCUT2D eigenvalue weighted by molar-refractivity contribution is -0.149. The van der Waals surface area contributed by atoms with Crippen molar-refractivity contribution in [1.82, 2.24) is 0 Å². The number of halogens is 2. The van der Waals surface area contributed by atoms with Gasteiger partial charge in [-0.05, 0) is 25.2 Å². The molecule has 0 aromatic carbocycles. The van der Waals surface area contributed by atoms with Gasteiger partial charge in [-0.3, -0.25) is 4.79 Å². The quantitative estimate of drug-likeness (QED) is 0.235. The molecule has 0 spiro atoms. The van der Waals surface area contributed by atoms with Crippen LogP contribution in [0.25, 0.3) is 0 Å². The molecule has 0 aromatic heterocycles. The maximum Gasteiger partial charge on any atom is 0.336 e. The highest BCUT2D eigenvalue weighted by Gasteiger charge is 2.60. The Balaban J connectivity index is 1.37. The van der Waals surface area contributed by atoms with Crippen LogP contribution in [0.2, 0.25) is 0 Å². The lowest BCUT2D eigenvalue weighted by Gasteiger charge is -2.28. The van der Waals surface area contributed by atoms with E-state index in [4.69, 9.17) is 14.2 Å². The predicted octanol–water partition coefficient (Wildman–Crippen LogP) is 1.22. The second kappa shape index (κ2) is 7.68. The zero-order valence-electron chi connectivity index (χ0n) is 15.0. The first-order valence-electron chi connectivity index (χ1n) is 8.97. The third-order valence-corrected chi connectivity index (χ3v) is 6.68. The van der Waals surface area contributed by atoms with E-state index in [2.05, 4.69) is 6.58 Å². The zero-order valence-corrected chi connectivity index (χ0v) is 15.8. The fourth-order valence-electron chi connectivity index (χ4n) is 4.42. The normalized spacial score (nSPS) is 31.5. The molecular weight excluding hydrogens is 402 g/mol. The highest BCUT2D eigenvalue weighted by molar-refractivity contribution is 7.86. The molecule has 1 aliphatic heterocycles. The molecule has 5 unspecified atom stereocenters. The smallest absolute Gasteiger partial charge is 0.336 e. The van der Waals surface area contributed by atoms with E-state index in [0.29, 0.717) is 13.0 Å². The summed E-state index contributed by atoms with van der Waals surface area (Å²) in [6.07, 6.45) is -0.433. The summed E-state index contributed by atoms with van der Waals surface area (Å²) in [5.41, 5.74) is 0.00118. The van der Waals surface area contributed by atoms with Crippen LogP contribution in [0, 0.1) is 23.7 Å². The van der Waals surface area contributed by atoms with Crippen molar-refractivity contribution in [2.75, 3.05) is 19.8 Å². The summed E-state index contributed by atoms with van der Waals surface area (Å²) in [7, 11) is -5.71. The average Bonchev–Trinajstić information content (AvgIpc) is 3.26. The molecule has 2 saturated carbocycles. The van der Waals surface area contributed by atoms with Gasteiger partial charge >= 0.3 is 17.2 Å². The molecule has 0 radical (unpaired) electrons. The average molecular weight is 423 g/mol. The molecule has 2 bridgehead atoms. The van der Waals surface area contributed by atoms with Crippen molar-refractivity contribution in [3.63, 3.8) is 0 Å². The topological polar surface area (TPSA) is 119 Å². The maximum absolute atomic E-state index is 13.0. The Morgan fingerprint density at radius 3 is 2.71 bits per heavy atom. The summed E-state index contributed by atoms with van der Waals surface area (Å²) in [5.74, 6) is -0.612. The summed E-state index contributed by atoms with van der Waals surface area (Å²) in [6, 6.07) is 0. The first-order valence-corrected chi connectivity index (χ1v) is 10.4.